The van der Waals surface area contributed by atoms with Crippen molar-refractivity contribution >= 4 is 17.5 Å². The van der Waals surface area contributed by atoms with E-state index in [0.29, 0.717) is 17.7 Å². The van der Waals surface area contributed by atoms with Gasteiger partial charge in [0.15, 0.2) is 0 Å². The Labute approximate surface area is 179 Å². The van der Waals surface area contributed by atoms with Gasteiger partial charge in [-0.25, -0.2) is 0 Å². The zero-order valence-corrected chi connectivity index (χ0v) is 18.1. The molecule has 5 nitrogen and oxygen atoms in total. The molecule has 30 heavy (non-hydrogen) atoms. The third kappa shape index (κ3) is 4.12. The van der Waals surface area contributed by atoms with Crippen LogP contribution < -0.4 is 4.90 Å². The number of aryl methyl sites for hydroxylation is 1. The van der Waals surface area contributed by atoms with E-state index in [4.69, 9.17) is 0 Å². The summed E-state index contributed by atoms with van der Waals surface area (Å²) in [6, 6.07) is 13.7. The maximum atomic E-state index is 12.4. The molecule has 0 bridgehead atoms. The second kappa shape index (κ2) is 9.00. The molecule has 5 heteroatoms. The van der Waals surface area contributed by atoms with Gasteiger partial charge in [-0.15, -0.1) is 0 Å². The van der Waals surface area contributed by atoms with Crippen molar-refractivity contribution in [1.82, 2.24) is 9.80 Å². The van der Waals surface area contributed by atoms with E-state index in [0.717, 1.165) is 52.0 Å². The minimum atomic E-state index is -0.141. The zero-order valence-electron chi connectivity index (χ0n) is 18.1. The Kier molecular flexibility index (Phi) is 6.18. The van der Waals surface area contributed by atoms with Gasteiger partial charge in [-0.1, -0.05) is 30.7 Å². The summed E-state index contributed by atoms with van der Waals surface area (Å²) in [6.45, 7) is 10.3. The smallest absolute Gasteiger partial charge is 0.261 e. The maximum absolute atomic E-state index is 12.4. The van der Waals surface area contributed by atoms with Crippen LogP contribution in [0, 0.1) is 13.8 Å². The van der Waals surface area contributed by atoms with Crippen molar-refractivity contribution in [2.75, 3.05) is 44.2 Å². The monoisotopic (exact) mass is 405 g/mol. The molecular formula is C25H31N3O2. The van der Waals surface area contributed by atoms with Crippen molar-refractivity contribution in [3.05, 3.63) is 64.7 Å². The zero-order chi connectivity index (χ0) is 21.1. The number of carbonyl (C=O) groups is 2. The molecule has 2 aliphatic heterocycles. The molecule has 1 saturated heterocycles. The second-order valence-corrected chi connectivity index (χ2v) is 8.42. The summed E-state index contributed by atoms with van der Waals surface area (Å²) in [4.78, 5) is 31.2. The summed E-state index contributed by atoms with van der Waals surface area (Å²) in [6.07, 6.45) is 3.01. The standard InChI is InChI=1S/C25H31N3O2/c1-19-9-8-12-23(20(19)2)27-17-15-26(16-18-27)13-6-3-7-14-28-24(29)21-10-4-5-11-22(21)25(28)30/h4-5,8-12H,3,6-7,13-18H2,1-2H3. The van der Waals surface area contributed by atoms with Gasteiger partial charge < -0.3 is 4.90 Å². The van der Waals surface area contributed by atoms with Crippen LogP contribution in [0.15, 0.2) is 42.5 Å². The first-order chi connectivity index (χ1) is 14.6. The van der Waals surface area contributed by atoms with E-state index in [1.165, 1.54) is 21.7 Å². The lowest BCUT2D eigenvalue weighted by atomic mass is 10.1. The van der Waals surface area contributed by atoms with E-state index in [-0.39, 0.29) is 11.8 Å². The van der Waals surface area contributed by atoms with Crippen LogP contribution in [0.4, 0.5) is 5.69 Å². The Morgan fingerprint density at radius 2 is 1.37 bits per heavy atom. The van der Waals surface area contributed by atoms with Gasteiger partial charge in [0, 0.05) is 38.4 Å². The van der Waals surface area contributed by atoms with Crippen molar-refractivity contribution in [3.63, 3.8) is 0 Å². The Hall–Kier alpha value is -2.66. The van der Waals surface area contributed by atoms with Gasteiger partial charge in [-0.05, 0) is 62.6 Å². The fourth-order valence-electron chi connectivity index (χ4n) is 4.51. The number of benzene rings is 2. The predicted molar refractivity (Wildman–Crippen MR) is 120 cm³/mol. The summed E-state index contributed by atoms with van der Waals surface area (Å²) >= 11 is 0. The number of carbonyl (C=O) groups excluding carboxylic acids is 2. The molecule has 2 aromatic rings. The first kappa shape index (κ1) is 20.6. The number of fused-ring (bicyclic) bond motifs is 1. The number of nitrogens with zero attached hydrogens (tertiary/aromatic N) is 3. The topological polar surface area (TPSA) is 43.9 Å². The number of hydrogen-bond donors (Lipinski definition) is 0. The summed E-state index contributed by atoms with van der Waals surface area (Å²) in [7, 11) is 0. The van der Waals surface area contributed by atoms with Gasteiger partial charge in [-0.2, -0.15) is 0 Å². The van der Waals surface area contributed by atoms with Crippen molar-refractivity contribution in [2.45, 2.75) is 33.1 Å². The highest BCUT2D eigenvalue weighted by atomic mass is 16.2. The van der Waals surface area contributed by atoms with Crippen LogP contribution in [-0.4, -0.2) is 60.9 Å². The Balaban J connectivity index is 1.17. The van der Waals surface area contributed by atoms with Crippen LogP contribution in [0.5, 0.6) is 0 Å². The number of amides is 2. The maximum Gasteiger partial charge on any atom is 0.261 e. The van der Waals surface area contributed by atoms with Crippen molar-refractivity contribution in [3.8, 4) is 0 Å². The normalized spacial score (nSPS) is 17.0. The summed E-state index contributed by atoms with van der Waals surface area (Å²) in [5.41, 5.74) is 5.20. The lowest BCUT2D eigenvalue weighted by Crippen LogP contribution is -2.46. The van der Waals surface area contributed by atoms with E-state index in [1.54, 1.807) is 12.1 Å². The van der Waals surface area contributed by atoms with E-state index < -0.39 is 0 Å². The number of unbranched alkanes of at least 4 members (excludes halogenated alkanes) is 2. The highest BCUT2D eigenvalue weighted by molar-refractivity contribution is 6.21. The molecular weight excluding hydrogens is 374 g/mol. The van der Waals surface area contributed by atoms with Gasteiger partial charge in [0.2, 0.25) is 0 Å². The number of piperazine rings is 1. The number of anilines is 1. The molecule has 0 atom stereocenters. The first-order valence-electron chi connectivity index (χ1n) is 11.0. The minimum absolute atomic E-state index is 0.141. The van der Waals surface area contributed by atoms with Crippen molar-refractivity contribution in [1.29, 1.82) is 0 Å². The van der Waals surface area contributed by atoms with Crippen LogP contribution in [0.2, 0.25) is 0 Å². The molecule has 0 unspecified atom stereocenters. The largest absolute Gasteiger partial charge is 0.369 e. The van der Waals surface area contributed by atoms with Gasteiger partial charge in [0.25, 0.3) is 11.8 Å². The van der Waals surface area contributed by atoms with Crippen LogP contribution in [0.25, 0.3) is 0 Å². The second-order valence-electron chi connectivity index (χ2n) is 8.42. The molecule has 0 aromatic heterocycles. The highest BCUT2D eigenvalue weighted by Gasteiger charge is 2.34. The number of hydrogen-bond acceptors (Lipinski definition) is 4. The molecule has 2 amide bonds. The predicted octanol–water partition coefficient (Wildman–Crippen LogP) is 3.89. The summed E-state index contributed by atoms with van der Waals surface area (Å²) in [5.74, 6) is -0.281. The molecule has 2 aliphatic rings. The molecule has 1 fully saturated rings. The third-order valence-corrected chi connectivity index (χ3v) is 6.52. The fraction of sp³-hybridized carbons (Fsp3) is 0.440. The molecule has 2 aromatic carbocycles. The van der Waals surface area contributed by atoms with Gasteiger partial charge >= 0.3 is 0 Å². The fourth-order valence-corrected chi connectivity index (χ4v) is 4.51. The number of rotatable bonds is 7. The van der Waals surface area contributed by atoms with Gasteiger partial charge in [-0.3, -0.25) is 19.4 Å². The lowest BCUT2D eigenvalue weighted by Gasteiger charge is -2.37. The van der Waals surface area contributed by atoms with E-state index in [1.807, 2.05) is 12.1 Å². The highest BCUT2D eigenvalue weighted by Crippen LogP contribution is 2.24. The SMILES string of the molecule is Cc1cccc(N2CCN(CCCCCN3C(=O)c4ccccc4C3=O)CC2)c1C. The Morgan fingerprint density at radius 1 is 0.733 bits per heavy atom. The quantitative estimate of drug-likeness (QED) is 0.518. The molecule has 2 heterocycles. The average molecular weight is 406 g/mol. The summed E-state index contributed by atoms with van der Waals surface area (Å²) < 4.78 is 0. The third-order valence-electron chi connectivity index (χ3n) is 6.52. The van der Waals surface area contributed by atoms with Gasteiger partial charge in [0.05, 0.1) is 11.1 Å². The van der Waals surface area contributed by atoms with Crippen LogP contribution in [-0.2, 0) is 0 Å². The molecule has 158 valence electrons. The molecule has 0 saturated carbocycles. The Bertz CT molecular complexity index is 897. The molecule has 0 N–H and O–H groups in total. The summed E-state index contributed by atoms with van der Waals surface area (Å²) in [5, 5.41) is 0. The van der Waals surface area contributed by atoms with Crippen LogP contribution >= 0.6 is 0 Å². The van der Waals surface area contributed by atoms with E-state index >= 15 is 0 Å². The van der Waals surface area contributed by atoms with E-state index in [2.05, 4.69) is 41.8 Å². The average Bonchev–Trinajstić information content (AvgIpc) is 3.01. The van der Waals surface area contributed by atoms with Crippen LogP contribution in [0.3, 0.4) is 0 Å². The molecule has 0 spiro atoms. The minimum Gasteiger partial charge on any atom is -0.369 e. The first-order valence-corrected chi connectivity index (χ1v) is 11.0. The number of imide groups is 1. The van der Waals surface area contributed by atoms with Crippen molar-refractivity contribution < 1.29 is 9.59 Å². The van der Waals surface area contributed by atoms with Crippen molar-refractivity contribution in [2.24, 2.45) is 0 Å². The van der Waals surface area contributed by atoms with E-state index in [9.17, 15) is 9.59 Å². The Morgan fingerprint density at radius 3 is 2.03 bits per heavy atom. The molecule has 0 aliphatic carbocycles. The molecule has 0 radical (unpaired) electrons. The van der Waals surface area contributed by atoms with Crippen LogP contribution in [0.1, 0.15) is 51.1 Å². The lowest BCUT2D eigenvalue weighted by molar-refractivity contribution is 0.0651. The van der Waals surface area contributed by atoms with Gasteiger partial charge in [0.1, 0.15) is 0 Å². The molecule has 4 rings (SSSR count).